The van der Waals surface area contributed by atoms with Crippen molar-refractivity contribution in [2.75, 3.05) is 0 Å². The molecular weight excluding hydrogens is 512 g/mol. The van der Waals surface area contributed by atoms with Gasteiger partial charge in [-0.05, 0) is 59.0 Å². The molecule has 0 amide bonds. The Bertz CT molecular complexity index is 2460. The summed E-state index contributed by atoms with van der Waals surface area (Å²) < 4.78 is 0. The quantitative estimate of drug-likeness (QED) is 0.230. The third-order valence-electron chi connectivity index (χ3n) is 8.31. The fraction of sp³-hybridized carbons (Fsp3) is 0. The first-order chi connectivity index (χ1) is 20.8. The average Bonchev–Trinajstić information content (AvgIpc) is 3.63. The Kier molecular flexibility index (Phi) is 4.87. The van der Waals surface area contributed by atoms with E-state index in [4.69, 9.17) is 20.0 Å². The third kappa shape index (κ3) is 3.29. The summed E-state index contributed by atoms with van der Waals surface area (Å²) in [6.07, 6.45) is 3.76. The van der Waals surface area contributed by atoms with Gasteiger partial charge >= 0.3 is 0 Å². The lowest BCUT2D eigenvalue weighted by molar-refractivity contribution is 1.29. The van der Waals surface area contributed by atoms with Gasteiger partial charge in [0, 0.05) is 50.5 Å². The van der Waals surface area contributed by atoms with Crippen LogP contribution in [0.4, 0.5) is 11.4 Å². The van der Waals surface area contributed by atoms with Gasteiger partial charge in [0.1, 0.15) is 0 Å². The molecule has 0 aliphatic carbocycles. The van der Waals surface area contributed by atoms with Gasteiger partial charge in [-0.2, -0.15) is 0 Å². The summed E-state index contributed by atoms with van der Waals surface area (Å²) >= 11 is 0. The topological polar surface area (TPSA) is 50.5 Å². The maximum atomic E-state index is 5.15. The third-order valence-corrected chi connectivity index (χ3v) is 8.31. The monoisotopic (exact) mass is 534 g/mol. The van der Waals surface area contributed by atoms with E-state index in [0.717, 1.165) is 88.1 Å². The summed E-state index contributed by atoms with van der Waals surface area (Å²) in [6, 6.07) is 42.1. The lowest BCUT2D eigenvalue weighted by Gasteiger charge is -2.18. The minimum Gasteiger partial charge on any atom is -0.256 e. The summed E-state index contributed by atoms with van der Waals surface area (Å²) in [4.78, 5) is 20.3. The van der Waals surface area contributed by atoms with Crippen LogP contribution in [-0.4, -0.2) is 9.97 Å². The smallest absolute Gasteiger partial charge is 0.0817 e. The second-order valence-corrected chi connectivity index (χ2v) is 10.6. The predicted octanol–water partition coefficient (Wildman–Crippen LogP) is 8.11. The van der Waals surface area contributed by atoms with Gasteiger partial charge in [0.05, 0.1) is 33.5 Å². The van der Waals surface area contributed by atoms with Crippen LogP contribution >= 0.6 is 0 Å². The molecule has 0 fully saturated rings. The highest BCUT2D eigenvalue weighted by Gasteiger charge is 2.28. The van der Waals surface area contributed by atoms with Crippen LogP contribution in [0.3, 0.4) is 0 Å². The van der Waals surface area contributed by atoms with Gasteiger partial charge in [-0.3, -0.25) is 9.97 Å². The van der Waals surface area contributed by atoms with Crippen molar-refractivity contribution in [1.29, 1.82) is 0 Å². The van der Waals surface area contributed by atoms with Gasteiger partial charge in [0.2, 0.25) is 0 Å². The van der Waals surface area contributed by atoms with Crippen molar-refractivity contribution >= 4 is 22.1 Å². The number of hydrogen-bond donors (Lipinski definition) is 0. The predicted molar refractivity (Wildman–Crippen MR) is 167 cm³/mol. The lowest BCUT2D eigenvalue weighted by atomic mass is 9.86. The molecule has 0 N–H and O–H groups in total. The van der Waals surface area contributed by atoms with E-state index in [1.165, 1.54) is 0 Å². The molecule has 0 bridgehead atoms. The highest BCUT2D eigenvalue weighted by Crippen LogP contribution is 2.50. The minimum absolute atomic E-state index is 0.883. The summed E-state index contributed by atoms with van der Waals surface area (Å²) in [5.41, 5.74) is 10.1. The van der Waals surface area contributed by atoms with Gasteiger partial charge < -0.3 is 0 Å². The van der Waals surface area contributed by atoms with Gasteiger partial charge in [0.15, 0.2) is 0 Å². The minimum atomic E-state index is 0.883. The van der Waals surface area contributed by atoms with Crippen LogP contribution in [-0.2, 0) is 0 Å². The molecule has 0 saturated heterocycles. The van der Waals surface area contributed by atoms with Crippen LogP contribution < -0.4 is 10.7 Å². The van der Waals surface area contributed by atoms with E-state index in [9.17, 15) is 0 Å². The molecule has 4 heterocycles. The number of pyridine rings is 2. The molecule has 9 rings (SSSR count). The molecule has 0 atom stereocenters. The zero-order valence-electron chi connectivity index (χ0n) is 22.5. The zero-order valence-corrected chi connectivity index (χ0v) is 22.5. The lowest BCUT2D eigenvalue weighted by Crippen LogP contribution is -2.02. The molecule has 194 valence electrons. The van der Waals surface area contributed by atoms with Crippen LogP contribution in [0.2, 0.25) is 0 Å². The molecular formula is C38H22N4. The first-order valence-electron chi connectivity index (χ1n) is 14.1. The van der Waals surface area contributed by atoms with Crippen molar-refractivity contribution < 1.29 is 0 Å². The van der Waals surface area contributed by atoms with Gasteiger partial charge in [-0.15, -0.1) is 0 Å². The number of rotatable bonds is 3. The van der Waals surface area contributed by atoms with E-state index in [-0.39, 0.29) is 0 Å². The Morgan fingerprint density at radius 1 is 0.429 bits per heavy atom. The summed E-state index contributed by atoms with van der Waals surface area (Å²) in [5.74, 6) is 0. The van der Waals surface area contributed by atoms with E-state index in [1.807, 2.05) is 24.5 Å². The Hall–Kier alpha value is -5.74. The number of benzene rings is 5. The standard InChI is InChI=1S/C38H22N4/c1-2-9-23(10-3-1)25-16-18-31-34(35-32(41-31)19-17-28-27-13-6-7-15-30(27)42-38(28)35)33(25)37-29(14-8-21-39-37)36-26-12-5-4-11-24(26)20-22-40-36/h1-22H. The normalized spacial score (nSPS) is 12.2. The van der Waals surface area contributed by atoms with Crippen molar-refractivity contribution in [3.63, 3.8) is 0 Å². The molecule has 2 aliphatic heterocycles. The van der Waals surface area contributed by atoms with Crippen LogP contribution in [0.25, 0.3) is 55.5 Å². The van der Waals surface area contributed by atoms with Gasteiger partial charge in [0.25, 0.3) is 0 Å². The second-order valence-electron chi connectivity index (χ2n) is 10.6. The molecule has 7 aromatic rings. The summed E-state index contributed by atoms with van der Waals surface area (Å²) in [6.45, 7) is 0. The van der Waals surface area contributed by atoms with E-state index in [0.29, 0.717) is 0 Å². The van der Waals surface area contributed by atoms with Gasteiger partial charge in [-0.1, -0.05) is 78.9 Å². The molecule has 42 heavy (non-hydrogen) atoms. The molecule has 4 heteroatoms. The van der Waals surface area contributed by atoms with Crippen LogP contribution in [0.15, 0.2) is 144 Å². The van der Waals surface area contributed by atoms with E-state index < -0.39 is 0 Å². The molecule has 2 aliphatic rings. The molecule has 4 nitrogen and oxygen atoms in total. The van der Waals surface area contributed by atoms with Crippen LogP contribution in [0.1, 0.15) is 0 Å². The van der Waals surface area contributed by atoms with E-state index >= 15 is 0 Å². The molecule has 2 aromatic heterocycles. The summed E-state index contributed by atoms with van der Waals surface area (Å²) in [5, 5.41) is 6.47. The summed E-state index contributed by atoms with van der Waals surface area (Å²) in [7, 11) is 0. The Labute approximate surface area is 241 Å². The van der Waals surface area contributed by atoms with Crippen molar-refractivity contribution in [2.45, 2.75) is 0 Å². The molecule has 0 spiro atoms. The maximum absolute atomic E-state index is 5.15. The molecule has 0 radical (unpaired) electrons. The van der Waals surface area contributed by atoms with E-state index in [2.05, 4.69) is 109 Å². The van der Waals surface area contributed by atoms with Crippen LogP contribution in [0, 0.1) is 10.4 Å². The highest BCUT2D eigenvalue weighted by molar-refractivity contribution is 6.07. The van der Waals surface area contributed by atoms with Crippen molar-refractivity contribution in [2.24, 2.45) is 9.98 Å². The van der Waals surface area contributed by atoms with Crippen molar-refractivity contribution in [3.8, 4) is 44.8 Å². The van der Waals surface area contributed by atoms with Crippen LogP contribution in [0.5, 0.6) is 0 Å². The number of para-hydroxylation sites is 1. The highest BCUT2D eigenvalue weighted by atomic mass is 14.8. The number of hydrogen-bond acceptors (Lipinski definition) is 4. The number of fused-ring (bicyclic) bond motifs is 7. The Morgan fingerprint density at radius 2 is 1.26 bits per heavy atom. The van der Waals surface area contributed by atoms with Crippen molar-refractivity contribution in [1.82, 2.24) is 9.97 Å². The Morgan fingerprint density at radius 3 is 2.21 bits per heavy atom. The fourth-order valence-corrected chi connectivity index (χ4v) is 6.47. The molecule has 0 unspecified atom stereocenters. The first-order valence-corrected chi connectivity index (χ1v) is 14.1. The maximum Gasteiger partial charge on any atom is 0.0817 e. The Balaban J connectivity index is 1.42. The first kappa shape index (κ1) is 23.0. The average molecular weight is 535 g/mol. The zero-order chi connectivity index (χ0) is 27.6. The molecule has 0 saturated carbocycles. The number of nitrogens with zero attached hydrogens (tertiary/aromatic N) is 4. The second kappa shape index (κ2) is 8.88. The largest absolute Gasteiger partial charge is 0.256 e. The SMILES string of the molecule is c1ccc(-c2ccc3c(c2-c2ncccc2-c2nccc4ccccc24)-c2c4c(ccc2=N3)=c2ccccc2=N4)cc1. The fourth-order valence-electron chi connectivity index (χ4n) is 6.47. The van der Waals surface area contributed by atoms with E-state index in [1.54, 1.807) is 0 Å². The van der Waals surface area contributed by atoms with Gasteiger partial charge in [-0.25, -0.2) is 9.98 Å². The number of aromatic nitrogens is 2. The van der Waals surface area contributed by atoms with Crippen molar-refractivity contribution in [3.05, 3.63) is 155 Å². The molecule has 5 aromatic carbocycles.